The Morgan fingerprint density at radius 1 is 0.700 bits per heavy atom. The molecule has 0 aromatic heterocycles. The van der Waals surface area contributed by atoms with Crippen molar-refractivity contribution in [2.75, 3.05) is 19.6 Å². The van der Waals surface area contributed by atoms with E-state index in [0.29, 0.717) is 6.54 Å². The van der Waals surface area contributed by atoms with E-state index in [-0.39, 0.29) is 36.3 Å². The molecule has 0 radical (unpaired) electrons. The van der Waals surface area contributed by atoms with E-state index in [4.69, 9.17) is 9.47 Å². The molecule has 1 saturated heterocycles. The number of unbranched alkanes of at least 4 members (excludes halogenated alkanes) is 10. The zero-order valence-corrected chi connectivity index (χ0v) is 37.4. The molecular weight excluding hydrogens is 743 g/mol. The summed E-state index contributed by atoms with van der Waals surface area (Å²) in [6.45, 7) is 10.5. The Morgan fingerprint density at radius 3 is 1.90 bits per heavy atom. The number of aliphatic hydroxyl groups is 1. The van der Waals surface area contributed by atoms with Gasteiger partial charge < -0.3 is 30.1 Å². The zero-order valence-electron chi connectivity index (χ0n) is 37.4. The third-order valence-electron chi connectivity index (χ3n) is 14.5. The molecule has 3 aromatic rings. The van der Waals surface area contributed by atoms with Crippen LogP contribution in [0.4, 0.5) is 4.79 Å². The first-order valence-electron chi connectivity index (χ1n) is 24.3. The van der Waals surface area contributed by atoms with Crippen LogP contribution in [-0.2, 0) is 22.6 Å². The first-order valence-corrected chi connectivity index (χ1v) is 24.3. The second-order valence-electron chi connectivity index (χ2n) is 19.5. The number of benzene rings is 3. The van der Waals surface area contributed by atoms with Crippen LogP contribution in [0.3, 0.4) is 0 Å². The average molecular weight is 820 g/mol. The molecule has 8 rings (SSSR count). The van der Waals surface area contributed by atoms with E-state index < -0.39 is 6.29 Å². The Balaban J connectivity index is 1.03. The number of urea groups is 1. The molecule has 328 valence electrons. The van der Waals surface area contributed by atoms with E-state index in [9.17, 15) is 9.90 Å². The summed E-state index contributed by atoms with van der Waals surface area (Å²) >= 11 is 0. The van der Waals surface area contributed by atoms with E-state index in [1.165, 1.54) is 96.3 Å². The van der Waals surface area contributed by atoms with Crippen molar-refractivity contribution in [2.24, 2.45) is 23.7 Å². The third-order valence-corrected chi connectivity index (χ3v) is 14.5. The second-order valence-corrected chi connectivity index (χ2v) is 19.5. The van der Waals surface area contributed by atoms with Gasteiger partial charge in [-0.3, -0.25) is 0 Å². The number of aliphatic hydroxyl groups excluding tert-OH is 1. The van der Waals surface area contributed by atoms with Crippen LogP contribution < -0.4 is 10.6 Å². The van der Waals surface area contributed by atoms with Crippen molar-refractivity contribution >= 4 is 6.03 Å². The Kier molecular flexibility index (Phi) is 16.6. The summed E-state index contributed by atoms with van der Waals surface area (Å²) in [5.41, 5.74) is 6.34. The Bertz CT molecular complexity index is 1710. The minimum Gasteiger partial charge on any atom is -0.392 e. The lowest BCUT2D eigenvalue weighted by Crippen LogP contribution is -2.61. The molecule has 0 spiro atoms. The van der Waals surface area contributed by atoms with E-state index in [0.717, 1.165) is 90.0 Å². The third kappa shape index (κ3) is 12.2. The number of amides is 2. The molecule has 4 atom stereocenters. The molecule has 5 aliphatic rings. The summed E-state index contributed by atoms with van der Waals surface area (Å²) in [5, 5.41) is 16.5. The number of hydrogen-bond acceptors (Lipinski definition) is 5. The predicted molar refractivity (Wildman–Crippen MR) is 244 cm³/mol. The highest BCUT2D eigenvalue weighted by Gasteiger charge is 2.51. The largest absolute Gasteiger partial charge is 0.392 e. The summed E-state index contributed by atoms with van der Waals surface area (Å²) in [4.78, 5) is 16.0. The van der Waals surface area contributed by atoms with E-state index in [1.54, 1.807) is 0 Å². The standard InChI is InChI=1S/C53H77N3O4/c1-4-6-8-10-12-14-26-56(27-15-13-11-9-7-5-2)37-49-39(3)50(45-24-22-40(38-57)23-25-45)60-51(59-49)48-21-17-20-47(32-48)46-19-16-18-41(31-46)36-54-52(58)55-53-33-42-28-43(34-53)30-44(29-42)35-53/h16-25,31-32,39,42-44,49-51,57H,4-15,26-30,33-38H2,1-3H3,(H2,54,55,58). The van der Waals surface area contributed by atoms with Gasteiger partial charge in [0.1, 0.15) is 0 Å². The SMILES string of the molecule is CCCCCCCCN(CCCCCCCC)CC1OC(c2cccc(-c3cccc(CNC(=O)NC45CC6CC(CC(C6)C4)C5)c3)c2)OC(c2ccc(CO)cc2)C1C. The van der Waals surface area contributed by atoms with Gasteiger partial charge in [0.05, 0.1) is 18.8 Å². The maximum absolute atomic E-state index is 13.3. The van der Waals surface area contributed by atoms with Crippen molar-refractivity contribution in [3.63, 3.8) is 0 Å². The maximum atomic E-state index is 13.3. The number of carbonyl (C=O) groups is 1. The molecular formula is C53H77N3O4. The van der Waals surface area contributed by atoms with Crippen molar-refractivity contribution in [1.82, 2.24) is 15.5 Å². The molecule has 7 heteroatoms. The lowest BCUT2D eigenvalue weighted by atomic mass is 9.53. The lowest BCUT2D eigenvalue weighted by molar-refractivity contribution is -0.276. The van der Waals surface area contributed by atoms with Crippen LogP contribution in [-0.4, -0.2) is 47.3 Å². The van der Waals surface area contributed by atoms with E-state index >= 15 is 0 Å². The quantitative estimate of drug-likeness (QED) is 0.0830. The van der Waals surface area contributed by atoms with Gasteiger partial charge in [0.25, 0.3) is 0 Å². The zero-order chi connectivity index (χ0) is 41.7. The number of hydrogen-bond donors (Lipinski definition) is 3. The highest BCUT2D eigenvalue weighted by Crippen LogP contribution is 2.55. The Labute approximate surface area is 362 Å². The number of nitrogens with one attached hydrogen (secondary N) is 2. The van der Waals surface area contributed by atoms with E-state index in [2.05, 4.69) is 97.0 Å². The first-order chi connectivity index (χ1) is 29.3. The fourth-order valence-electron chi connectivity index (χ4n) is 11.6. The van der Waals surface area contributed by atoms with Crippen LogP contribution >= 0.6 is 0 Å². The van der Waals surface area contributed by atoms with Gasteiger partial charge in [0.15, 0.2) is 6.29 Å². The smallest absolute Gasteiger partial charge is 0.315 e. The summed E-state index contributed by atoms with van der Waals surface area (Å²) in [6.07, 6.45) is 22.5. The van der Waals surface area contributed by atoms with Crippen molar-refractivity contribution in [3.05, 3.63) is 95.1 Å². The fourth-order valence-corrected chi connectivity index (χ4v) is 11.6. The summed E-state index contributed by atoms with van der Waals surface area (Å²) in [7, 11) is 0. The molecule has 3 N–H and O–H groups in total. The minimum atomic E-state index is -0.517. The van der Waals surface area contributed by atoms with Gasteiger partial charge in [-0.1, -0.05) is 146 Å². The molecule has 4 saturated carbocycles. The van der Waals surface area contributed by atoms with E-state index in [1.807, 2.05) is 12.1 Å². The van der Waals surface area contributed by atoms with Gasteiger partial charge in [-0.15, -0.1) is 0 Å². The molecule has 4 bridgehead atoms. The highest BCUT2D eigenvalue weighted by molar-refractivity contribution is 5.75. The molecule has 1 heterocycles. The molecule has 3 aromatic carbocycles. The number of rotatable bonds is 23. The van der Waals surface area contributed by atoms with Crippen LogP contribution in [0.25, 0.3) is 11.1 Å². The second kappa shape index (κ2) is 22.2. The molecule has 4 unspecified atom stereocenters. The van der Waals surface area contributed by atoms with Gasteiger partial charge in [0, 0.05) is 30.1 Å². The van der Waals surface area contributed by atoms with Crippen LogP contribution in [0, 0.1) is 23.7 Å². The Morgan fingerprint density at radius 2 is 1.28 bits per heavy atom. The van der Waals surface area contributed by atoms with Crippen LogP contribution in [0.5, 0.6) is 0 Å². The number of ether oxygens (including phenoxy) is 2. The van der Waals surface area contributed by atoms with Crippen LogP contribution in [0.2, 0.25) is 0 Å². The summed E-state index contributed by atoms with van der Waals surface area (Å²) in [5.74, 6) is 2.54. The molecule has 4 aliphatic carbocycles. The Hall–Kier alpha value is -3.23. The predicted octanol–water partition coefficient (Wildman–Crippen LogP) is 12.4. The molecule has 2 amide bonds. The van der Waals surface area contributed by atoms with Crippen LogP contribution in [0.1, 0.15) is 171 Å². The van der Waals surface area contributed by atoms with Gasteiger partial charge in [0.2, 0.25) is 0 Å². The van der Waals surface area contributed by atoms with Gasteiger partial charge in [-0.2, -0.15) is 0 Å². The van der Waals surface area contributed by atoms with Crippen molar-refractivity contribution in [1.29, 1.82) is 0 Å². The number of carbonyl (C=O) groups excluding carboxylic acids is 1. The monoisotopic (exact) mass is 820 g/mol. The van der Waals surface area contributed by atoms with Gasteiger partial charge >= 0.3 is 6.03 Å². The summed E-state index contributed by atoms with van der Waals surface area (Å²) in [6, 6.07) is 25.4. The maximum Gasteiger partial charge on any atom is 0.315 e. The van der Waals surface area contributed by atoms with Gasteiger partial charge in [-0.25, -0.2) is 4.79 Å². The van der Waals surface area contributed by atoms with Crippen molar-refractivity contribution in [2.45, 2.75) is 174 Å². The molecule has 5 fully saturated rings. The highest BCUT2D eigenvalue weighted by atomic mass is 16.7. The molecule has 1 aliphatic heterocycles. The topological polar surface area (TPSA) is 83.1 Å². The van der Waals surface area contributed by atoms with Crippen molar-refractivity contribution in [3.8, 4) is 11.1 Å². The lowest BCUT2D eigenvalue weighted by Gasteiger charge is -2.56. The first kappa shape index (κ1) is 44.8. The normalized spacial score (nSPS) is 27.1. The fraction of sp³-hybridized carbons (Fsp3) is 0.642. The van der Waals surface area contributed by atoms with Crippen molar-refractivity contribution < 1.29 is 19.4 Å². The number of nitrogens with zero attached hydrogens (tertiary/aromatic N) is 1. The molecule has 60 heavy (non-hydrogen) atoms. The summed E-state index contributed by atoms with van der Waals surface area (Å²) < 4.78 is 14.0. The minimum absolute atomic E-state index is 0.00311. The average Bonchev–Trinajstić information content (AvgIpc) is 3.25. The molecule has 7 nitrogen and oxygen atoms in total. The van der Waals surface area contributed by atoms with Gasteiger partial charge in [-0.05, 0) is 122 Å². The van der Waals surface area contributed by atoms with Crippen LogP contribution in [0.15, 0.2) is 72.8 Å².